The third-order valence-corrected chi connectivity index (χ3v) is 10.5. The quantitative estimate of drug-likeness (QED) is 0.621. The molecule has 6 fully saturated rings. The normalized spacial score (nSPS) is 61.6. The molecule has 6 rings (SSSR count). The highest BCUT2D eigenvalue weighted by molar-refractivity contribution is 5.86. The Morgan fingerprint density at radius 2 is 1.97 bits per heavy atom. The Balaban J connectivity index is 1.57. The highest BCUT2D eigenvalue weighted by Gasteiger charge is 2.84. The number of nitrogens with one attached hydrogen (secondary N) is 1. The Kier molecular flexibility index (Phi) is 3.76. The zero-order chi connectivity index (χ0) is 20.3. The van der Waals surface area contributed by atoms with Gasteiger partial charge in [-0.15, -0.1) is 0 Å². The van der Waals surface area contributed by atoms with Gasteiger partial charge in [0.15, 0.2) is 0 Å². The lowest BCUT2D eigenvalue weighted by molar-refractivity contribution is -0.247. The van der Waals surface area contributed by atoms with E-state index < -0.39 is 17.1 Å². The van der Waals surface area contributed by atoms with E-state index in [-0.39, 0.29) is 59.2 Å². The number of carbonyl (C=O) groups is 1. The van der Waals surface area contributed by atoms with E-state index in [1.807, 2.05) is 0 Å². The van der Waals surface area contributed by atoms with Crippen molar-refractivity contribution < 1.29 is 29.2 Å². The molecule has 1 spiro atoms. The minimum atomic E-state index is -1.01. The molecule has 1 aliphatic heterocycles. The number of fused-ring (bicyclic) bond motifs is 2. The zero-order valence-corrected chi connectivity index (χ0v) is 17.5. The second kappa shape index (κ2) is 5.74. The molecule has 0 aromatic rings. The van der Waals surface area contributed by atoms with Gasteiger partial charge < -0.3 is 29.7 Å². The number of aliphatic hydroxyl groups is 2. The highest BCUT2D eigenvalue weighted by atomic mass is 16.5. The lowest BCUT2D eigenvalue weighted by Crippen LogP contribution is -2.77. The SMILES string of the molecule is COC[C@@]12CC[C@H](OC)[C@@]34[C@@H]5C[C@H]6[C@@H](O)[C@@H]5[C@](O)(C[C@@H]6OC)[C@@H](C[C@H]13)[C@H]4NC2=O. The van der Waals surface area contributed by atoms with Crippen molar-refractivity contribution in [1.29, 1.82) is 0 Å². The van der Waals surface area contributed by atoms with Crippen LogP contribution in [0.3, 0.4) is 0 Å². The molecule has 0 aromatic heterocycles. The molecular weight excluding hydrogens is 374 g/mol. The van der Waals surface area contributed by atoms with Crippen LogP contribution in [0.25, 0.3) is 0 Å². The number of ether oxygens (including phenoxy) is 3. The van der Waals surface area contributed by atoms with Crippen LogP contribution < -0.4 is 5.32 Å². The van der Waals surface area contributed by atoms with Gasteiger partial charge in [0.05, 0.1) is 35.9 Å². The van der Waals surface area contributed by atoms with Crippen LogP contribution in [0.5, 0.6) is 0 Å². The number of piperidine rings is 1. The van der Waals surface area contributed by atoms with E-state index in [4.69, 9.17) is 14.2 Å². The van der Waals surface area contributed by atoms with Gasteiger partial charge in [0.2, 0.25) is 5.91 Å². The maximum atomic E-state index is 13.4. The van der Waals surface area contributed by atoms with Crippen molar-refractivity contribution in [1.82, 2.24) is 5.32 Å². The van der Waals surface area contributed by atoms with Crippen molar-refractivity contribution in [2.24, 2.45) is 40.4 Å². The molecule has 7 nitrogen and oxygen atoms in total. The molecule has 3 N–H and O–H groups in total. The van der Waals surface area contributed by atoms with Crippen molar-refractivity contribution >= 4 is 5.91 Å². The summed E-state index contributed by atoms with van der Waals surface area (Å²) in [5, 5.41) is 26.8. The molecule has 7 heteroatoms. The van der Waals surface area contributed by atoms with Crippen LogP contribution in [0.4, 0.5) is 0 Å². The molecule has 12 atom stereocenters. The molecule has 29 heavy (non-hydrogen) atoms. The first-order valence-corrected chi connectivity index (χ1v) is 11.2. The second-order valence-corrected chi connectivity index (χ2v) is 10.7. The molecule has 0 aromatic carbocycles. The van der Waals surface area contributed by atoms with E-state index in [1.54, 1.807) is 21.3 Å². The van der Waals surface area contributed by atoms with Gasteiger partial charge in [-0.1, -0.05) is 0 Å². The van der Waals surface area contributed by atoms with Gasteiger partial charge in [0.25, 0.3) is 0 Å². The summed E-state index contributed by atoms with van der Waals surface area (Å²) in [5.74, 6) is 0.0966. The molecule has 0 unspecified atom stereocenters. The number of amides is 1. The Morgan fingerprint density at radius 3 is 2.66 bits per heavy atom. The fourth-order valence-corrected chi connectivity index (χ4v) is 9.80. The fourth-order valence-electron chi connectivity index (χ4n) is 9.80. The van der Waals surface area contributed by atoms with Crippen LogP contribution in [-0.2, 0) is 19.0 Å². The van der Waals surface area contributed by atoms with Crippen molar-refractivity contribution in [3.05, 3.63) is 0 Å². The van der Waals surface area contributed by atoms with Gasteiger partial charge in [-0.25, -0.2) is 0 Å². The van der Waals surface area contributed by atoms with Gasteiger partial charge in [-0.2, -0.15) is 0 Å². The fraction of sp³-hybridized carbons (Fsp3) is 0.955. The molecule has 5 saturated carbocycles. The van der Waals surface area contributed by atoms with E-state index in [9.17, 15) is 15.0 Å². The van der Waals surface area contributed by atoms with Crippen LogP contribution in [0.15, 0.2) is 0 Å². The standard InChI is InChI=1S/C22H33NO6/c1-27-9-20-5-4-15(29-3)22-11-6-10-13(28-2)8-21(26,16(11)17(10)24)12(7-14(20)22)18(22)23-19(20)25/h10-18,24,26H,4-9H2,1-3H3,(H,23,25)/t10-,11-,12+,13+,14-,15+,16-,17-,18-,20+,21+,22-/m1/s1. The Morgan fingerprint density at radius 1 is 1.17 bits per heavy atom. The first kappa shape index (κ1) is 19.0. The first-order chi connectivity index (χ1) is 13.9. The van der Waals surface area contributed by atoms with Gasteiger partial charge in [0.1, 0.15) is 0 Å². The summed E-state index contributed by atoms with van der Waals surface area (Å²) in [7, 11) is 5.14. The lowest BCUT2D eigenvalue weighted by Gasteiger charge is -2.66. The summed E-state index contributed by atoms with van der Waals surface area (Å²) in [6.45, 7) is 0.406. The number of hydrogen-bond acceptors (Lipinski definition) is 6. The van der Waals surface area contributed by atoms with Crippen LogP contribution in [-0.4, -0.2) is 74.0 Å². The van der Waals surface area contributed by atoms with Gasteiger partial charge >= 0.3 is 0 Å². The third kappa shape index (κ3) is 1.80. The van der Waals surface area contributed by atoms with Crippen molar-refractivity contribution in [3.8, 4) is 0 Å². The number of hydrogen-bond donors (Lipinski definition) is 3. The zero-order valence-electron chi connectivity index (χ0n) is 17.5. The smallest absolute Gasteiger partial charge is 0.229 e. The van der Waals surface area contributed by atoms with E-state index in [0.717, 1.165) is 25.7 Å². The van der Waals surface area contributed by atoms with Crippen molar-refractivity contribution in [2.75, 3.05) is 27.9 Å². The van der Waals surface area contributed by atoms with E-state index >= 15 is 0 Å². The van der Waals surface area contributed by atoms with E-state index in [1.165, 1.54) is 0 Å². The topological polar surface area (TPSA) is 97.2 Å². The number of carbonyl (C=O) groups excluding carboxylic acids is 1. The Hall–Kier alpha value is -0.730. The predicted octanol–water partition coefficient (Wildman–Crippen LogP) is 0.326. The highest BCUT2D eigenvalue weighted by Crippen LogP contribution is 2.77. The summed E-state index contributed by atoms with van der Waals surface area (Å²) in [5.41, 5.74) is -1.83. The molecule has 162 valence electrons. The average Bonchev–Trinajstić information content (AvgIpc) is 3.11. The number of rotatable bonds is 4. The van der Waals surface area contributed by atoms with E-state index in [2.05, 4.69) is 5.32 Å². The largest absolute Gasteiger partial charge is 0.392 e. The molecule has 6 aliphatic rings. The summed E-state index contributed by atoms with van der Waals surface area (Å²) < 4.78 is 17.5. The maximum absolute atomic E-state index is 13.4. The minimum absolute atomic E-state index is 0.0233. The van der Waals surface area contributed by atoms with Crippen LogP contribution in [0.2, 0.25) is 0 Å². The lowest BCUT2D eigenvalue weighted by atomic mass is 9.43. The number of methoxy groups -OCH3 is 3. The summed E-state index contributed by atoms with van der Waals surface area (Å²) in [4.78, 5) is 13.4. The Labute approximate surface area is 171 Å². The van der Waals surface area contributed by atoms with Gasteiger partial charge in [-0.05, 0) is 37.5 Å². The minimum Gasteiger partial charge on any atom is -0.392 e. The average molecular weight is 408 g/mol. The molecular formula is C22H33NO6. The molecule has 1 amide bonds. The second-order valence-electron chi connectivity index (χ2n) is 10.7. The van der Waals surface area contributed by atoms with Crippen LogP contribution in [0, 0.1) is 40.4 Å². The van der Waals surface area contributed by atoms with Crippen LogP contribution in [0.1, 0.15) is 32.1 Å². The summed E-state index contributed by atoms with van der Waals surface area (Å²) >= 11 is 0. The van der Waals surface area contributed by atoms with Gasteiger partial charge in [0, 0.05) is 57.0 Å². The van der Waals surface area contributed by atoms with E-state index in [0.29, 0.717) is 13.0 Å². The van der Waals surface area contributed by atoms with Crippen molar-refractivity contribution in [3.63, 3.8) is 0 Å². The van der Waals surface area contributed by atoms with Crippen LogP contribution >= 0.6 is 0 Å². The number of aliphatic hydroxyl groups excluding tert-OH is 1. The summed E-state index contributed by atoms with van der Waals surface area (Å²) in [6, 6.07) is -0.108. The van der Waals surface area contributed by atoms with Gasteiger partial charge in [-0.3, -0.25) is 4.79 Å². The first-order valence-electron chi connectivity index (χ1n) is 11.2. The monoisotopic (exact) mass is 407 g/mol. The molecule has 1 saturated heterocycles. The third-order valence-electron chi connectivity index (χ3n) is 10.5. The van der Waals surface area contributed by atoms with Crippen molar-refractivity contribution in [2.45, 2.75) is 62.1 Å². The molecule has 0 radical (unpaired) electrons. The molecule has 7 bridgehead atoms. The predicted molar refractivity (Wildman–Crippen MR) is 102 cm³/mol. The summed E-state index contributed by atoms with van der Waals surface area (Å²) in [6.07, 6.45) is 3.04. The molecule has 5 aliphatic carbocycles. The maximum Gasteiger partial charge on any atom is 0.229 e. The Bertz CT molecular complexity index is 747. The molecule has 1 heterocycles.